The predicted octanol–water partition coefficient (Wildman–Crippen LogP) is 1.91. The molecular formula is C13H15N3O. The lowest BCUT2D eigenvalue weighted by Crippen LogP contribution is -2.43. The van der Waals surface area contributed by atoms with Crippen molar-refractivity contribution in [1.82, 2.24) is 9.88 Å². The number of hydrogen-bond donors (Lipinski definition) is 0. The summed E-state index contributed by atoms with van der Waals surface area (Å²) >= 11 is 0. The highest BCUT2D eigenvalue weighted by atomic mass is 16.2. The van der Waals surface area contributed by atoms with Gasteiger partial charge in [-0.3, -0.25) is 9.78 Å². The summed E-state index contributed by atoms with van der Waals surface area (Å²) in [5.41, 5.74) is 1.33. The molecule has 0 radical (unpaired) electrons. The standard InChI is InChI=1S/C13H15N3O/c1-10-12(6-4-7-15-10)13(17)16-8-3-2-5-11(16)9-14/h4,6-7,11H,2-3,5,8H2,1H3. The number of nitriles is 1. The Morgan fingerprint density at radius 2 is 2.41 bits per heavy atom. The highest BCUT2D eigenvalue weighted by Gasteiger charge is 2.28. The zero-order valence-corrected chi connectivity index (χ0v) is 9.89. The molecule has 1 aromatic rings. The highest BCUT2D eigenvalue weighted by molar-refractivity contribution is 5.95. The molecule has 4 heteroatoms. The van der Waals surface area contributed by atoms with Gasteiger partial charge in [0.2, 0.25) is 0 Å². The zero-order chi connectivity index (χ0) is 12.3. The van der Waals surface area contributed by atoms with Crippen LogP contribution in [0.15, 0.2) is 18.3 Å². The molecule has 0 saturated carbocycles. The smallest absolute Gasteiger partial charge is 0.256 e. The van der Waals surface area contributed by atoms with Crippen LogP contribution in [0.25, 0.3) is 0 Å². The molecule has 0 bridgehead atoms. The number of amides is 1. The van der Waals surface area contributed by atoms with Crippen molar-refractivity contribution in [3.05, 3.63) is 29.6 Å². The summed E-state index contributed by atoms with van der Waals surface area (Å²) in [5, 5.41) is 9.07. The molecular weight excluding hydrogens is 214 g/mol. The van der Waals surface area contributed by atoms with Gasteiger partial charge in [-0.2, -0.15) is 5.26 Å². The second-order valence-electron chi connectivity index (χ2n) is 4.28. The van der Waals surface area contributed by atoms with Gasteiger partial charge in [0.1, 0.15) is 6.04 Å². The minimum absolute atomic E-state index is 0.0677. The van der Waals surface area contributed by atoms with E-state index in [9.17, 15) is 4.79 Å². The average Bonchev–Trinajstić information content (AvgIpc) is 2.38. The van der Waals surface area contributed by atoms with Gasteiger partial charge in [0.05, 0.1) is 11.6 Å². The van der Waals surface area contributed by atoms with E-state index in [4.69, 9.17) is 5.26 Å². The van der Waals surface area contributed by atoms with E-state index in [2.05, 4.69) is 11.1 Å². The van der Waals surface area contributed by atoms with E-state index in [1.807, 2.05) is 6.92 Å². The molecule has 0 aromatic carbocycles. The van der Waals surface area contributed by atoms with Crippen molar-refractivity contribution >= 4 is 5.91 Å². The van der Waals surface area contributed by atoms with Crippen molar-refractivity contribution in [2.45, 2.75) is 32.2 Å². The topological polar surface area (TPSA) is 57.0 Å². The lowest BCUT2D eigenvalue weighted by molar-refractivity contribution is 0.0669. The maximum atomic E-state index is 12.3. The largest absolute Gasteiger partial charge is 0.323 e. The first kappa shape index (κ1) is 11.6. The Labute approximate surface area is 101 Å². The SMILES string of the molecule is Cc1ncccc1C(=O)N1CCCCC1C#N. The summed E-state index contributed by atoms with van der Waals surface area (Å²) in [6, 6.07) is 5.45. The molecule has 1 saturated heterocycles. The van der Waals surface area contributed by atoms with Gasteiger partial charge in [-0.25, -0.2) is 0 Å². The number of hydrogen-bond acceptors (Lipinski definition) is 3. The van der Waals surface area contributed by atoms with E-state index in [1.54, 1.807) is 23.2 Å². The van der Waals surface area contributed by atoms with E-state index in [0.717, 1.165) is 25.0 Å². The Balaban J connectivity index is 2.25. The van der Waals surface area contributed by atoms with Crippen molar-refractivity contribution in [3.8, 4) is 6.07 Å². The molecule has 1 aromatic heterocycles. The molecule has 1 aliphatic heterocycles. The fourth-order valence-corrected chi connectivity index (χ4v) is 2.17. The van der Waals surface area contributed by atoms with Crippen LogP contribution in [0.5, 0.6) is 0 Å². The number of pyridine rings is 1. The van der Waals surface area contributed by atoms with Crippen LogP contribution >= 0.6 is 0 Å². The lowest BCUT2D eigenvalue weighted by atomic mass is 10.0. The number of piperidine rings is 1. The molecule has 0 aliphatic carbocycles. The normalized spacial score (nSPS) is 19.8. The molecule has 0 spiro atoms. The summed E-state index contributed by atoms with van der Waals surface area (Å²) in [4.78, 5) is 18.1. The van der Waals surface area contributed by atoms with E-state index in [0.29, 0.717) is 12.1 Å². The van der Waals surface area contributed by atoms with Crippen LogP contribution in [0, 0.1) is 18.3 Å². The van der Waals surface area contributed by atoms with Gasteiger partial charge in [0.15, 0.2) is 0 Å². The molecule has 17 heavy (non-hydrogen) atoms. The van der Waals surface area contributed by atoms with Gasteiger partial charge in [-0.1, -0.05) is 0 Å². The number of carbonyl (C=O) groups excluding carboxylic acids is 1. The first-order chi connectivity index (χ1) is 8.24. The second-order valence-corrected chi connectivity index (χ2v) is 4.28. The quantitative estimate of drug-likeness (QED) is 0.739. The van der Waals surface area contributed by atoms with Crippen LogP contribution in [0.3, 0.4) is 0 Å². The average molecular weight is 229 g/mol. The van der Waals surface area contributed by atoms with Crippen LogP contribution in [0.1, 0.15) is 35.3 Å². The van der Waals surface area contributed by atoms with E-state index >= 15 is 0 Å². The maximum absolute atomic E-state index is 12.3. The Bertz CT molecular complexity index is 464. The molecule has 88 valence electrons. The first-order valence-corrected chi connectivity index (χ1v) is 5.86. The number of nitrogens with zero attached hydrogens (tertiary/aromatic N) is 3. The Morgan fingerprint density at radius 1 is 1.59 bits per heavy atom. The lowest BCUT2D eigenvalue weighted by Gasteiger charge is -2.31. The Hall–Kier alpha value is -1.89. The van der Waals surface area contributed by atoms with Crippen LogP contribution in [0.4, 0.5) is 0 Å². The monoisotopic (exact) mass is 229 g/mol. The Morgan fingerprint density at radius 3 is 3.12 bits per heavy atom. The summed E-state index contributed by atoms with van der Waals surface area (Å²) < 4.78 is 0. The van der Waals surface area contributed by atoms with Gasteiger partial charge in [0, 0.05) is 18.4 Å². The third-order valence-electron chi connectivity index (χ3n) is 3.15. The maximum Gasteiger partial charge on any atom is 0.256 e. The number of rotatable bonds is 1. The number of aromatic nitrogens is 1. The summed E-state index contributed by atoms with van der Waals surface area (Å²) in [5.74, 6) is -0.0677. The molecule has 1 fully saturated rings. The highest BCUT2D eigenvalue weighted by Crippen LogP contribution is 2.19. The van der Waals surface area contributed by atoms with Crippen LogP contribution in [-0.4, -0.2) is 28.4 Å². The minimum atomic E-state index is -0.282. The van der Waals surface area contributed by atoms with Gasteiger partial charge >= 0.3 is 0 Å². The molecule has 4 nitrogen and oxygen atoms in total. The van der Waals surface area contributed by atoms with Gasteiger partial charge in [-0.05, 0) is 38.3 Å². The van der Waals surface area contributed by atoms with Crippen molar-refractivity contribution < 1.29 is 4.79 Å². The molecule has 2 rings (SSSR count). The van der Waals surface area contributed by atoms with Crippen LogP contribution in [0.2, 0.25) is 0 Å². The number of carbonyl (C=O) groups is 1. The summed E-state index contributed by atoms with van der Waals surface area (Å²) in [6.45, 7) is 2.49. The molecule has 1 aliphatic rings. The third kappa shape index (κ3) is 2.28. The van der Waals surface area contributed by atoms with Crippen LogP contribution in [-0.2, 0) is 0 Å². The number of likely N-dealkylation sites (tertiary alicyclic amines) is 1. The molecule has 1 atom stereocenters. The second kappa shape index (κ2) is 4.96. The van der Waals surface area contributed by atoms with E-state index < -0.39 is 0 Å². The van der Waals surface area contributed by atoms with Crippen LogP contribution < -0.4 is 0 Å². The van der Waals surface area contributed by atoms with E-state index in [-0.39, 0.29) is 11.9 Å². The van der Waals surface area contributed by atoms with Gasteiger partial charge in [0.25, 0.3) is 5.91 Å². The fourth-order valence-electron chi connectivity index (χ4n) is 2.17. The van der Waals surface area contributed by atoms with E-state index in [1.165, 1.54) is 0 Å². The summed E-state index contributed by atoms with van der Waals surface area (Å²) in [6.07, 6.45) is 4.45. The summed E-state index contributed by atoms with van der Waals surface area (Å²) in [7, 11) is 0. The fraction of sp³-hybridized carbons (Fsp3) is 0.462. The zero-order valence-electron chi connectivity index (χ0n) is 9.89. The van der Waals surface area contributed by atoms with Crippen molar-refractivity contribution in [2.75, 3.05) is 6.54 Å². The molecule has 2 heterocycles. The van der Waals surface area contributed by atoms with Crippen molar-refractivity contribution in [1.29, 1.82) is 5.26 Å². The molecule has 1 unspecified atom stereocenters. The number of aryl methyl sites for hydroxylation is 1. The Kier molecular flexibility index (Phi) is 3.38. The minimum Gasteiger partial charge on any atom is -0.323 e. The van der Waals surface area contributed by atoms with Gasteiger partial charge in [-0.15, -0.1) is 0 Å². The first-order valence-electron chi connectivity index (χ1n) is 5.86. The van der Waals surface area contributed by atoms with Crippen molar-refractivity contribution in [3.63, 3.8) is 0 Å². The molecule has 1 amide bonds. The van der Waals surface area contributed by atoms with Crippen molar-refractivity contribution in [2.24, 2.45) is 0 Å². The third-order valence-corrected chi connectivity index (χ3v) is 3.15. The predicted molar refractivity (Wildman–Crippen MR) is 63.3 cm³/mol. The molecule has 0 N–H and O–H groups in total. The van der Waals surface area contributed by atoms with Gasteiger partial charge < -0.3 is 4.90 Å².